The molecule has 10 nitrogen and oxygen atoms in total. The van der Waals surface area contributed by atoms with Crippen molar-refractivity contribution in [1.82, 2.24) is 5.43 Å². The van der Waals surface area contributed by atoms with E-state index in [9.17, 15) is 14.4 Å². The predicted octanol–water partition coefficient (Wildman–Crippen LogP) is 2.60. The quantitative estimate of drug-likeness (QED) is 0.191. The van der Waals surface area contributed by atoms with E-state index in [4.69, 9.17) is 18.6 Å². The lowest BCUT2D eigenvalue weighted by atomic mass is 10.2. The largest absolute Gasteiger partial charge is 0.497 e. The van der Waals surface area contributed by atoms with Crippen LogP contribution in [0.2, 0.25) is 0 Å². The molecule has 2 N–H and O–H groups in total. The lowest BCUT2D eigenvalue weighted by Gasteiger charge is -2.09. The Labute approximate surface area is 182 Å². The number of hydrazone groups is 1. The van der Waals surface area contributed by atoms with Crippen LogP contribution in [0.4, 0.5) is 5.69 Å². The third-order valence-corrected chi connectivity index (χ3v) is 4.05. The number of hydrogen-bond donors (Lipinski definition) is 2. The van der Waals surface area contributed by atoms with E-state index in [2.05, 4.69) is 15.8 Å². The maximum absolute atomic E-state index is 12.0. The van der Waals surface area contributed by atoms with Crippen molar-refractivity contribution in [2.24, 2.45) is 5.10 Å². The Morgan fingerprint density at radius 2 is 1.72 bits per heavy atom. The summed E-state index contributed by atoms with van der Waals surface area (Å²) in [6, 6.07) is 14.2. The van der Waals surface area contributed by atoms with Gasteiger partial charge in [0.2, 0.25) is 5.76 Å². The van der Waals surface area contributed by atoms with Gasteiger partial charge in [0.1, 0.15) is 5.75 Å². The molecule has 0 atom stereocenters. The van der Waals surface area contributed by atoms with Gasteiger partial charge in [-0.3, -0.25) is 9.59 Å². The van der Waals surface area contributed by atoms with Gasteiger partial charge in [0, 0.05) is 5.69 Å². The molecule has 3 aromatic rings. The minimum Gasteiger partial charge on any atom is -0.497 e. The molecular weight excluding hydrogens is 418 g/mol. The number of anilines is 1. The number of carbonyl (C=O) groups is 3. The average Bonchev–Trinajstić information content (AvgIpc) is 3.35. The first kappa shape index (κ1) is 22.1. The van der Waals surface area contributed by atoms with Crippen molar-refractivity contribution in [3.63, 3.8) is 0 Å². The molecule has 2 amide bonds. The molecule has 1 aromatic heterocycles. The van der Waals surface area contributed by atoms with Gasteiger partial charge >= 0.3 is 17.8 Å². The molecule has 0 aliphatic carbocycles. The Bertz CT molecular complexity index is 1120. The molecule has 2 aromatic carbocycles. The van der Waals surface area contributed by atoms with Crippen LogP contribution in [0.25, 0.3) is 0 Å². The Hall–Kier alpha value is -4.60. The van der Waals surface area contributed by atoms with Gasteiger partial charge in [-0.05, 0) is 60.2 Å². The van der Waals surface area contributed by atoms with Crippen molar-refractivity contribution < 1.29 is 33.0 Å². The minimum atomic E-state index is -0.951. The molecule has 0 bridgehead atoms. The van der Waals surface area contributed by atoms with E-state index < -0.39 is 17.8 Å². The normalized spacial score (nSPS) is 10.4. The SMILES string of the molecule is COc1ccc(NC(=O)C(=O)N/N=C/c2ccc(OC(=O)c3ccco3)c(OC)c2)cc1. The highest BCUT2D eigenvalue weighted by atomic mass is 16.6. The average molecular weight is 437 g/mol. The molecule has 0 fully saturated rings. The maximum Gasteiger partial charge on any atom is 0.379 e. The number of nitrogens with one attached hydrogen (secondary N) is 2. The van der Waals surface area contributed by atoms with Crippen molar-refractivity contribution in [3.05, 3.63) is 72.2 Å². The number of rotatable bonds is 7. The van der Waals surface area contributed by atoms with Gasteiger partial charge < -0.3 is 23.9 Å². The summed E-state index contributed by atoms with van der Waals surface area (Å²) in [6.07, 6.45) is 2.66. The number of nitrogens with zero attached hydrogens (tertiary/aromatic N) is 1. The zero-order valence-electron chi connectivity index (χ0n) is 17.2. The van der Waals surface area contributed by atoms with Crippen LogP contribution in [-0.4, -0.2) is 38.2 Å². The van der Waals surface area contributed by atoms with E-state index in [0.29, 0.717) is 17.0 Å². The van der Waals surface area contributed by atoms with E-state index in [1.54, 1.807) is 36.4 Å². The van der Waals surface area contributed by atoms with Crippen LogP contribution in [-0.2, 0) is 9.59 Å². The number of ether oxygens (including phenoxy) is 3. The Morgan fingerprint density at radius 3 is 2.38 bits per heavy atom. The monoisotopic (exact) mass is 437 g/mol. The number of carbonyl (C=O) groups excluding carboxylic acids is 3. The summed E-state index contributed by atoms with van der Waals surface area (Å²) in [4.78, 5) is 35.9. The number of hydrogen-bond acceptors (Lipinski definition) is 8. The van der Waals surface area contributed by atoms with Crippen molar-refractivity contribution in [1.29, 1.82) is 0 Å². The Kier molecular flexibility index (Phi) is 7.20. The van der Waals surface area contributed by atoms with Crippen LogP contribution >= 0.6 is 0 Å². The first-order valence-corrected chi connectivity index (χ1v) is 9.22. The van der Waals surface area contributed by atoms with Crippen molar-refractivity contribution >= 4 is 29.7 Å². The van der Waals surface area contributed by atoms with Gasteiger partial charge in [-0.2, -0.15) is 5.10 Å². The summed E-state index contributed by atoms with van der Waals surface area (Å²) in [5.74, 6) is -1.41. The van der Waals surface area contributed by atoms with E-state index in [0.717, 1.165) is 0 Å². The predicted molar refractivity (Wildman–Crippen MR) is 114 cm³/mol. The van der Waals surface area contributed by atoms with Gasteiger partial charge in [0.25, 0.3) is 0 Å². The molecule has 0 spiro atoms. The Morgan fingerprint density at radius 1 is 0.938 bits per heavy atom. The molecular formula is C22H19N3O7. The first-order valence-electron chi connectivity index (χ1n) is 9.22. The third kappa shape index (κ3) is 5.72. The molecule has 0 radical (unpaired) electrons. The summed E-state index contributed by atoms with van der Waals surface area (Å²) in [5.41, 5.74) is 3.09. The second kappa shape index (κ2) is 10.4. The molecule has 32 heavy (non-hydrogen) atoms. The van der Waals surface area contributed by atoms with E-state index in [1.165, 1.54) is 44.9 Å². The number of methoxy groups -OCH3 is 2. The van der Waals surface area contributed by atoms with Crippen molar-refractivity contribution in [2.45, 2.75) is 0 Å². The van der Waals surface area contributed by atoms with Gasteiger partial charge in [-0.1, -0.05) is 0 Å². The lowest BCUT2D eigenvalue weighted by Crippen LogP contribution is -2.32. The van der Waals surface area contributed by atoms with Crippen molar-refractivity contribution in [2.75, 3.05) is 19.5 Å². The summed E-state index contributed by atoms with van der Waals surface area (Å²) < 4.78 is 20.5. The molecule has 0 unspecified atom stereocenters. The third-order valence-electron chi connectivity index (χ3n) is 4.05. The highest BCUT2D eigenvalue weighted by Crippen LogP contribution is 2.28. The summed E-state index contributed by atoms with van der Waals surface area (Å²) in [7, 11) is 2.93. The molecule has 0 aliphatic heterocycles. The fraction of sp³-hybridized carbons (Fsp3) is 0.0909. The topological polar surface area (TPSA) is 128 Å². The van der Waals surface area contributed by atoms with Crippen LogP contribution in [0, 0.1) is 0 Å². The zero-order valence-corrected chi connectivity index (χ0v) is 17.2. The van der Waals surface area contributed by atoms with E-state index in [1.807, 2.05) is 0 Å². The van der Waals surface area contributed by atoms with Crippen LogP contribution in [0.3, 0.4) is 0 Å². The minimum absolute atomic E-state index is 0.0494. The Balaban J connectivity index is 1.57. The molecule has 1 heterocycles. The number of amides is 2. The number of benzene rings is 2. The van der Waals surface area contributed by atoms with Crippen molar-refractivity contribution in [3.8, 4) is 17.2 Å². The van der Waals surface area contributed by atoms with Gasteiger partial charge in [0.15, 0.2) is 11.5 Å². The number of esters is 1. The highest BCUT2D eigenvalue weighted by molar-refractivity contribution is 6.39. The molecule has 164 valence electrons. The zero-order chi connectivity index (χ0) is 22.9. The lowest BCUT2D eigenvalue weighted by molar-refractivity contribution is -0.136. The fourth-order valence-corrected chi connectivity index (χ4v) is 2.47. The van der Waals surface area contributed by atoms with Gasteiger partial charge in [0.05, 0.1) is 26.7 Å². The number of furan rings is 1. The summed E-state index contributed by atoms with van der Waals surface area (Å²) in [5, 5.41) is 6.20. The summed E-state index contributed by atoms with van der Waals surface area (Å²) >= 11 is 0. The molecule has 0 aliphatic rings. The standard InChI is InChI=1S/C22H19N3O7/c1-29-16-8-6-15(7-9-16)24-20(26)21(27)25-23-13-14-5-10-17(19(12-14)30-2)32-22(28)18-4-3-11-31-18/h3-13H,1-2H3,(H,24,26)(H,25,27)/b23-13+. The fourth-order valence-electron chi connectivity index (χ4n) is 2.47. The van der Waals surface area contributed by atoms with Crippen LogP contribution in [0.1, 0.15) is 16.1 Å². The molecule has 0 saturated heterocycles. The van der Waals surface area contributed by atoms with E-state index in [-0.39, 0.29) is 17.3 Å². The summed E-state index contributed by atoms with van der Waals surface area (Å²) in [6.45, 7) is 0. The van der Waals surface area contributed by atoms with Gasteiger partial charge in [-0.15, -0.1) is 0 Å². The first-order chi connectivity index (χ1) is 15.5. The smallest absolute Gasteiger partial charge is 0.379 e. The maximum atomic E-state index is 12.0. The highest BCUT2D eigenvalue weighted by Gasteiger charge is 2.15. The van der Waals surface area contributed by atoms with Crippen LogP contribution < -0.4 is 25.0 Å². The second-order valence-electron chi connectivity index (χ2n) is 6.16. The van der Waals surface area contributed by atoms with Crippen LogP contribution in [0.5, 0.6) is 17.2 Å². The second-order valence-corrected chi connectivity index (χ2v) is 6.16. The van der Waals surface area contributed by atoms with Crippen LogP contribution in [0.15, 0.2) is 70.4 Å². The molecule has 0 saturated carbocycles. The molecule has 10 heteroatoms. The van der Waals surface area contributed by atoms with Gasteiger partial charge in [-0.25, -0.2) is 10.2 Å². The molecule has 3 rings (SSSR count). The van der Waals surface area contributed by atoms with E-state index >= 15 is 0 Å².